The van der Waals surface area contributed by atoms with Gasteiger partial charge in [-0.2, -0.15) is 0 Å². The van der Waals surface area contributed by atoms with Crippen LogP contribution in [0.25, 0.3) is 0 Å². The first-order valence-corrected chi connectivity index (χ1v) is 12.0. The summed E-state index contributed by atoms with van der Waals surface area (Å²) in [7, 11) is 0. The van der Waals surface area contributed by atoms with Gasteiger partial charge in [0.25, 0.3) is 11.8 Å². The molecule has 1 heterocycles. The van der Waals surface area contributed by atoms with E-state index in [4.69, 9.17) is 9.47 Å². The molecule has 0 aliphatic rings. The van der Waals surface area contributed by atoms with E-state index in [2.05, 4.69) is 16.7 Å². The van der Waals surface area contributed by atoms with Gasteiger partial charge in [0.05, 0.1) is 4.88 Å². The maximum absolute atomic E-state index is 12.3. The maximum atomic E-state index is 12.3. The zero-order valence-corrected chi connectivity index (χ0v) is 20.4. The largest absolute Gasteiger partial charge is 0.489 e. The van der Waals surface area contributed by atoms with Crippen molar-refractivity contribution in [2.24, 2.45) is 0 Å². The number of aryl methyl sites for hydroxylation is 2. The molecule has 0 radical (unpaired) electrons. The molecule has 178 valence electrons. The Kier molecular flexibility index (Phi) is 7.80. The van der Waals surface area contributed by atoms with E-state index in [-0.39, 0.29) is 18.4 Å². The summed E-state index contributed by atoms with van der Waals surface area (Å²) < 4.78 is 11.5. The highest BCUT2D eigenvalue weighted by Crippen LogP contribution is 2.20. The Morgan fingerprint density at radius 1 is 0.771 bits per heavy atom. The lowest BCUT2D eigenvalue weighted by Gasteiger charge is -2.11. The van der Waals surface area contributed by atoms with Crippen molar-refractivity contribution >= 4 is 34.5 Å². The molecule has 2 amide bonds. The Bertz CT molecular complexity index is 1280. The second-order valence-corrected chi connectivity index (χ2v) is 9.05. The quantitative estimate of drug-likeness (QED) is 0.295. The van der Waals surface area contributed by atoms with Crippen molar-refractivity contribution in [1.29, 1.82) is 0 Å². The van der Waals surface area contributed by atoms with Crippen molar-refractivity contribution in [2.45, 2.75) is 20.5 Å². The van der Waals surface area contributed by atoms with E-state index in [0.29, 0.717) is 34.4 Å². The molecule has 0 fully saturated rings. The van der Waals surface area contributed by atoms with Crippen LogP contribution in [0, 0.1) is 13.8 Å². The number of carbonyl (C=O) groups excluding carboxylic acids is 2. The molecule has 4 rings (SSSR count). The zero-order chi connectivity index (χ0) is 24.6. The minimum atomic E-state index is -0.234. The van der Waals surface area contributed by atoms with Crippen molar-refractivity contribution in [1.82, 2.24) is 0 Å². The van der Waals surface area contributed by atoms with Crippen LogP contribution in [0.4, 0.5) is 11.4 Å². The number of benzene rings is 3. The van der Waals surface area contributed by atoms with Crippen molar-refractivity contribution in [3.8, 4) is 11.5 Å². The third-order valence-corrected chi connectivity index (χ3v) is 5.91. The van der Waals surface area contributed by atoms with E-state index in [9.17, 15) is 9.59 Å². The number of nitrogens with one attached hydrogen (secondary N) is 2. The van der Waals surface area contributed by atoms with E-state index in [1.165, 1.54) is 11.3 Å². The average Bonchev–Trinajstić information content (AvgIpc) is 3.37. The predicted molar refractivity (Wildman–Crippen MR) is 140 cm³/mol. The first-order valence-electron chi connectivity index (χ1n) is 11.1. The van der Waals surface area contributed by atoms with Gasteiger partial charge in [0.1, 0.15) is 18.1 Å². The number of rotatable bonds is 9. The third-order valence-electron chi connectivity index (χ3n) is 5.04. The van der Waals surface area contributed by atoms with Crippen LogP contribution in [0.1, 0.15) is 26.4 Å². The van der Waals surface area contributed by atoms with Crippen LogP contribution < -0.4 is 20.1 Å². The van der Waals surface area contributed by atoms with E-state index in [1.54, 1.807) is 30.3 Å². The minimum Gasteiger partial charge on any atom is -0.489 e. The van der Waals surface area contributed by atoms with Gasteiger partial charge in [-0.3, -0.25) is 9.59 Å². The smallest absolute Gasteiger partial charge is 0.265 e. The number of carbonyl (C=O) groups is 2. The normalized spacial score (nSPS) is 10.5. The van der Waals surface area contributed by atoms with Gasteiger partial charge in [0.15, 0.2) is 6.61 Å². The molecule has 3 aromatic carbocycles. The lowest BCUT2D eigenvalue weighted by atomic mass is 10.1. The number of thiophene rings is 1. The second-order valence-electron chi connectivity index (χ2n) is 8.11. The Hall–Kier alpha value is -4.10. The van der Waals surface area contributed by atoms with Gasteiger partial charge < -0.3 is 20.1 Å². The lowest BCUT2D eigenvalue weighted by molar-refractivity contribution is -0.118. The van der Waals surface area contributed by atoms with E-state index in [0.717, 1.165) is 16.7 Å². The van der Waals surface area contributed by atoms with Crippen LogP contribution in [0.2, 0.25) is 0 Å². The van der Waals surface area contributed by atoms with Crippen LogP contribution in [0.5, 0.6) is 11.5 Å². The molecule has 2 N–H and O–H groups in total. The monoisotopic (exact) mass is 486 g/mol. The summed E-state index contributed by atoms with van der Waals surface area (Å²) >= 11 is 1.40. The van der Waals surface area contributed by atoms with Crippen LogP contribution >= 0.6 is 11.3 Å². The number of amides is 2. The number of ether oxygens (including phenoxy) is 2. The summed E-state index contributed by atoms with van der Waals surface area (Å²) in [5.41, 5.74) is 4.46. The molecule has 35 heavy (non-hydrogen) atoms. The van der Waals surface area contributed by atoms with Crippen molar-refractivity contribution < 1.29 is 19.1 Å². The number of anilines is 2. The molecule has 0 atom stereocenters. The highest BCUT2D eigenvalue weighted by Gasteiger charge is 2.08. The summed E-state index contributed by atoms with van der Waals surface area (Å²) in [4.78, 5) is 25.1. The highest BCUT2D eigenvalue weighted by molar-refractivity contribution is 7.12. The molecule has 7 heteroatoms. The molecular formula is C28H26N2O4S. The fourth-order valence-electron chi connectivity index (χ4n) is 3.50. The molecule has 4 aromatic rings. The van der Waals surface area contributed by atoms with Gasteiger partial charge in [0.2, 0.25) is 0 Å². The first kappa shape index (κ1) is 24.0. The third kappa shape index (κ3) is 7.19. The fourth-order valence-corrected chi connectivity index (χ4v) is 4.12. The first-order chi connectivity index (χ1) is 16.9. The molecule has 0 aliphatic heterocycles. The van der Waals surface area contributed by atoms with Crippen LogP contribution in [0.15, 0.2) is 84.2 Å². The molecule has 0 bridgehead atoms. The second kappa shape index (κ2) is 11.4. The number of hydrogen-bond acceptors (Lipinski definition) is 5. The van der Waals surface area contributed by atoms with E-state index >= 15 is 0 Å². The van der Waals surface area contributed by atoms with Gasteiger partial charge in [-0.15, -0.1) is 11.3 Å². The number of hydrogen-bond donors (Lipinski definition) is 2. The SMILES string of the molecule is Cc1cc(C)cc(OCC(=O)Nc2cccc(COc3ccc(NC(=O)c4cccs4)cc3)c2)c1. The Morgan fingerprint density at radius 3 is 2.26 bits per heavy atom. The summed E-state index contributed by atoms with van der Waals surface area (Å²) in [6.45, 7) is 4.25. The molecule has 6 nitrogen and oxygen atoms in total. The molecular weight excluding hydrogens is 460 g/mol. The van der Waals surface area contributed by atoms with Crippen LogP contribution in [-0.4, -0.2) is 18.4 Å². The predicted octanol–water partition coefficient (Wildman–Crippen LogP) is 6.21. The molecule has 0 saturated heterocycles. The highest BCUT2D eigenvalue weighted by atomic mass is 32.1. The van der Waals surface area contributed by atoms with Crippen molar-refractivity contribution in [3.05, 3.63) is 106 Å². The maximum Gasteiger partial charge on any atom is 0.265 e. The van der Waals surface area contributed by atoms with E-state index in [1.807, 2.05) is 61.7 Å². The molecule has 0 saturated carbocycles. The topological polar surface area (TPSA) is 76.7 Å². The van der Waals surface area contributed by atoms with E-state index < -0.39 is 0 Å². The van der Waals surface area contributed by atoms with Crippen LogP contribution in [0.3, 0.4) is 0 Å². The Morgan fingerprint density at radius 2 is 1.54 bits per heavy atom. The van der Waals surface area contributed by atoms with Crippen molar-refractivity contribution in [2.75, 3.05) is 17.2 Å². The minimum absolute atomic E-state index is 0.0704. The van der Waals surface area contributed by atoms with Gasteiger partial charge in [-0.05, 0) is 90.5 Å². The van der Waals surface area contributed by atoms with Gasteiger partial charge in [0, 0.05) is 11.4 Å². The molecule has 0 unspecified atom stereocenters. The summed E-state index contributed by atoms with van der Waals surface area (Å²) in [6.07, 6.45) is 0. The van der Waals surface area contributed by atoms with Gasteiger partial charge in [-0.25, -0.2) is 0 Å². The molecule has 0 aliphatic carbocycles. The lowest BCUT2D eigenvalue weighted by Crippen LogP contribution is -2.20. The average molecular weight is 487 g/mol. The van der Waals surface area contributed by atoms with Crippen LogP contribution in [-0.2, 0) is 11.4 Å². The van der Waals surface area contributed by atoms with Gasteiger partial charge >= 0.3 is 0 Å². The standard InChI is InChI=1S/C28H26N2O4S/c1-19-13-20(2)15-25(14-19)34-18-27(31)29-23-6-3-5-21(16-23)17-33-24-10-8-22(9-11-24)30-28(32)26-7-4-12-35-26/h3-16H,17-18H2,1-2H3,(H,29,31)(H,30,32). The summed E-state index contributed by atoms with van der Waals surface area (Å²) in [6, 6.07) is 24.2. The van der Waals surface area contributed by atoms with Crippen molar-refractivity contribution in [3.63, 3.8) is 0 Å². The summed E-state index contributed by atoms with van der Waals surface area (Å²) in [5.74, 6) is 0.988. The Balaban J connectivity index is 1.26. The zero-order valence-electron chi connectivity index (χ0n) is 19.5. The summed E-state index contributed by atoms with van der Waals surface area (Å²) in [5, 5.41) is 7.59. The Labute approximate surface area is 208 Å². The molecule has 1 aromatic heterocycles. The van der Waals surface area contributed by atoms with Gasteiger partial charge in [-0.1, -0.05) is 24.3 Å². The fraction of sp³-hybridized carbons (Fsp3) is 0.143. The molecule has 0 spiro atoms.